The van der Waals surface area contributed by atoms with Gasteiger partial charge in [-0.25, -0.2) is 0 Å². The van der Waals surface area contributed by atoms with Crippen LogP contribution < -0.4 is 4.74 Å². The number of hydrogen-bond acceptors (Lipinski definition) is 3. The summed E-state index contributed by atoms with van der Waals surface area (Å²) in [6.07, 6.45) is 3.96. The number of aliphatic hydroxyl groups excluding tert-OH is 1. The van der Waals surface area contributed by atoms with Gasteiger partial charge in [-0.2, -0.15) is 0 Å². The van der Waals surface area contributed by atoms with Gasteiger partial charge in [-0.05, 0) is 50.3 Å². The number of aryl methyl sites for hydroxylation is 1. The van der Waals surface area contributed by atoms with E-state index >= 15 is 0 Å². The van der Waals surface area contributed by atoms with Crippen LogP contribution in [-0.4, -0.2) is 41.7 Å². The maximum Gasteiger partial charge on any atom is 0.260 e. The van der Waals surface area contributed by atoms with Crippen molar-refractivity contribution in [1.82, 2.24) is 4.90 Å². The Morgan fingerprint density at radius 2 is 2.25 bits per heavy atom. The second-order valence-corrected chi connectivity index (χ2v) is 5.35. The maximum atomic E-state index is 12.3. The van der Waals surface area contributed by atoms with Crippen molar-refractivity contribution >= 4 is 5.91 Å². The second-order valence-electron chi connectivity index (χ2n) is 5.35. The summed E-state index contributed by atoms with van der Waals surface area (Å²) in [5.41, 5.74) is 1.12. The molecule has 1 saturated carbocycles. The molecule has 1 amide bonds. The molecular weight excluding hydrogens is 254 g/mol. The lowest BCUT2D eigenvalue weighted by molar-refractivity contribution is -0.137. The van der Waals surface area contributed by atoms with Crippen molar-refractivity contribution in [3.8, 4) is 5.75 Å². The van der Waals surface area contributed by atoms with E-state index in [4.69, 9.17) is 9.84 Å². The molecule has 2 rings (SSSR count). The number of benzene rings is 1. The molecule has 1 aliphatic carbocycles. The van der Waals surface area contributed by atoms with Crippen molar-refractivity contribution in [2.24, 2.45) is 0 Å². The van der Waals surface area contributed by atoms with Gasteiger partial charge in [-0.3, -0.25) is 4.79 Å². The summed E-state index contributed by atoms with van der Waals surface area (Å²) in [5.74, 6) is 0.749. The third-order valence-corrected chi connectivity index (χ3v) is 3.74. The highest BCUT2D eigenvalue weighted by Gasteiger charge is 2.28. The van der Waals surface area contributed by atoms with E-state index in [0.29, 0.717) is 19.0 Å². The molecule has 0 radical (unpaired) electrons. The summed E-state index contributed by atoms with van der Waals surface area (Å²) in [6.45, 7) is 2.81. The predicted molar refractivity (Wildman–Crippen MR) is 77.7 cm³/mol. The Morgan fingerprint density at radius 3 is 2.85 bits per heavy atom. The monoisotopic (exact) mass is 277 g/mol. The van der Waals surface area contributed by atoms with Crippen LogP contribution in [0.5, 0.6) is 5.75 Å². The van der Waals surface area contributed by atoms with Crippen LogP contribution in [0, 0.1) is 6.92 Å². The Morgan fingerprint density at radius 1 is 1.45 bits per heavy atom. The summed E-state index contributed by atoms with van der Waals surface area (Å²) >= 11 is 0. The van der Waals surface area contributed by atoms with Crippen LogP contribution in [0.3, 0.4) is 0 Å². The molecule has 0 bridgehead atoms. The number of carbonyl (C=O) groups is 1. The van der Waals surface area contributed by atoms with Gasteiger partial charge in [0.2, 0.25) is 0 Å². The number of amides is 1. The number of hydrogen-bond donors (Lipinski definition) is 1. The number of ether oxygens (including phenoxy) is 1. The lowest BCUT2D eigenvalue weighted by Gasteiger charge is -2.37. The molecule has 4 nitrogen and oxygen atoms in total. The molecule has 0 heterocycles. The van der Waals surface area contributed by atoms with Gasteiger partial charge in [0, 0.05) is 19.2 Å². The van der Waals surface area contributed by atoms with Gasteiger partial charge in [0.15, 0.2) is 6.61 Å². The van der Waals surface area contributed by atoms with Crippen molar-refractivity contribution in [1.29, 1.82) is 0 Å². The number of rotatable bonds is 7. The van der Waals surface area contributed by atoms with Crippen LogP contribution in [0.15, 0.2) is 24.3 Å². The predicted octanol–water partition coefficient (Wildman–Crippen LogP) is 2.14. The molecule has 20 heavy (non-hydrogen) atoms. The minimum atomic E-state index is 0.0182. The highest BCUT2D eigenvalue weighted by molar-refractivity contribution is 5.78. The van der Waals surface area contributed by atoms with E-state index in [1.807, 2.05) is 36.1 Å². The summed E-state index contributed by atoms with van der Waals surface area (Å²) in [7, 11) is 0. The van der Waals surface area contributed by atoms with E-state index in [1.165, 1.54) is 6.42 Å². The molecule has 0 aromatic heterocycles. The molecule has 0 spiro atoms. The molecule has 1 N–H and O–H groups in total. The zero-order valence-electron chi connectivity index (χ0n) is 12.0. The zero-order valence-corrected chi connectivity index (χ0v) is 12.0. The molecule has 4 heteroatoms. The third-order valence-electron chi connectivity index (χ3n) is 3.74. The topological polar surface area (TPSA) is 49.8 Å². The molecule has 0 atom stereocenters. The summed E-state index contributed by atoms with van der Waals surface area (Å²) in [5, 5.41) is 8.94. The number of nitrogens with zero attached hydrogens (tertiary/aromatic N) is 1. The molecule has 1 aliphatic rings. The van der Waals surface area contributed by atoms with Crippen molar-refractivity contribution < 1.29 is 14.6 Å². The van der Waals surface area contributed by atoms with Gasteiger partial charge in [-0.1, -0.05) is 12.1 Å². The van der Waals surface area contributed by atoms with E-state index in [0.717, 1.165) is 24.2 Å². The molecule has 0 unspecified atom stereocenters. The van der Waals surface area contributed by atoms with Crippen molar-refractivity contribution in [2.45, 2.75) is 38.6 Å². The van der Waals surface area contributed by atoms with E-state index in [2.05, 4.69) is 0 Å². The number of carbonyl (C=O) groups excluding carboxylic acids is 1. The van der Waals surface area contributed by atoms with Gasteiger partial charge in [-0.15, -0.1) is 0 Å². The molecule has 0 saturated heterocycles. The Balaban J connectivity index is 1.87. The lowest BCUT2D eigenvalue weighted by Crippen LogP contribution is -2.46. The fourth-order valence-electron chi connectivity index (χ4n) is 2.38. The summed E-state index contributed by atoms with van der Waals surface area (Å²) in [6, 6.07) is 8.05. The first-order valence-electron chi connectivity index (χ1n) is 7.30. The first kappa shape index (κ1) is 14.9. The Bertz CT molecular complexity index is 443. The van der Waals surface area contributed by atoms with Crippen molar-refractivity contribution in [3.05, 3.63) is 29.8 Å². The standard InChI is InChI=1S/C16H23NO3/c1-13-5-2-8-15(11-13)20-12-16(19)17(9-4-10-18)14-6-3-7-14/h2,5,8,11,14,18H,3-4,6-7,9-10,12H2,1H3. The first-order chi connectivity index (χ1) is 9.70. The minimum Gasteiger partial charge on any atom is -0.484 e. The normalized spacial score (nSPS) is 14.7. The number of aliphatic hydroxyl groups is 1. The van der Waals surface area contributed by atoms with E-state index < -0.39 is 0 Å². The lowest BCUT2D eigenvalue weighted by atomic mass is 9.91. The molecule has 1 aromatic rings. The second kappa shape index (κ2) is 7.29. The fourth-order valence-corrected chi connectivity index (χ4v) is 2.38. The van der Waals surface area contributed by atoms with Gasteiger partial charge in [0.25, 0.3) is 5.91 Å². The average Bonchev–Trinajstić information content (AvgIpc) is 2.38. The van der Waals surface area contributed by atoms with E-state index in [1.54, 1.807) is 0 Å². The summed E-state index contributed by atoms with van der Waals surface area (Å²) < 4.78 is 5.57. The maximum absolute atomic E-state index is 12.3. The quantitative estimate of drug-likeness (QED) is 0.830. The Kier molecular flexibility index (Phi) is 5.41. The van der Waals surface area contributed by atoms with E-state index in [-0.39, 0.29) is 19.1 Å². The van der Waals surface area contributed by atoms with Gasteiger partial charge in [0.05, 0.1) is 0 Å². The first-order valence-corrected chi connectivity index (χ1v) is 7.30. The largest absolute Gasteiger partial charge is 0.484 e. The van der Waals surface area contributed by atoms with Crippen LogP contribution in [0.25, 0.3) is 0 Å². The Hall–Kier alpha value is -1.55. The third kappa shape index (κ3) is 3.97. The highest BCUT2D eigenvalue weighted by atomic mass is 16.5. The van der Waals surface area contributed by atoms with Crippen LogP contribution in [0.2, 0.25) is 0 Å². The van der Waals surface area contributed by atoms with Gasteiger partial charge in [0.1, 0.15) is 5.75 Å². The van der Waals surface area contributed by atoms with Crippen LogP contribution in [0.4, 0.5) is 0 Å². The van der Waals surface area contributed by atoms with Gasteiger partial charge < -0.3 is 14.7 Å². The molecule has 1 fully saturated rings. The fraction of sp³-hybridized carbons (Fsp3) is 0.562. The smallest absolute Gasteiger partial charge is 0.260 e. The van der Waals surface area contributed by atoms with Crippen molar-refractivity contribution in [3.63, 3.8) is 0 Å². The molecule has 1 aromatic carbocycles. The van der Waals surface area contributed by atoms with Crippen LogP contribution in [0.1, 0.15) is 31.2 Å². The SMILES string of the molecule is Cc1cccc(OCC(=O)N(CCCO)C2CCC2)c1. The minimum absolute atomic E-state index is 0.0182. The summed E-state index contributed by atoms with van der Waals surface area (Å²) in [4.78, 5) is 14.1. The van der Waals surface area contributed by atoms with Crippen LogP contribution >= 0.6 is 0 Å². The van der Waals surface area contributed by atoms with Crippen molar-refractivity contribution in [2.75, 3.05) is 19.8 Å². The zero-order chi connectivity index (χ0) is 14.4. The Labute approximate surface area is 120 Å². The average molecular weight is 277 g/mol. The molecular formula is C16H23NO3. The molecule has 0 aliphatic heterocycles. The van der Waals surface area contributed by atoms with Gasteiger partial charge >= 0.3 is 0 Å². The van der Waals surface area contributed by atoms with E-state index in [9.17, 15) is 4.79 Å². The van der Waals surface area contributed by atoms with Crippen LogP contribution in [-0.2, 0) is 4.79 Å². The molecule has 110 valence electrons. The highest BCUT2D eigenvalue weighted by Crippen LogP contribution is 2.25.